The van der Waals surface area contributed by atoms with E-state index in [1.165, 1.54) is 11.3 Å². The van der Waals surface area contributed by atoms with Gasteiger partial charge in [-0.05, 0) is 18.6 Å². The SMILES string of the molecule is Cc1cc(O)sc1CCl. The number of halogens is 1. The Morgan fingerprint density at radius 2 is 2.44 bits per heavy atom. The average molecular weight is 163 g/mol. The van der Waals surface area contributed by atoms with Gasteiger partial charge in [0.2, 0.25) is 0 Å². The minimum atomic E-state index is 0.350. The van der Waals surface area contributed by atoms with Crippen LogP contribution in [0.5, 0.6) is 5.06 Å². The molecule has 0 saturated carbocycles. The maximum Gasteiger partial charge on any atom is 0.171 e. The van der Waals surface area contributed by atoms with Crippen molar-refractivity contribution in [3.8, 4) is 5.06 Å². The topological polar surface area (TPSA) is 20.2 Å². The summed E-state index contributed by atoms with van der Waals surface area (Å²) in [5, 5.41) is 9.28. The Balaban J connectivity index is 3.01. The van der Waals surface area contributed by atoms with Gasteiger partial charge in [-0.1, -0.05) is 0 Å². The summed E-state index contributed by atoms with van der Waals surface area (Å²) in [6, 6.07) is 1.72. The van der Waals surface area contributed by atoms with E-state index in [4.69, 9.17) is 16.7 Å². The van der Waals surface area contributed by atoms with Gasteiger partial charge in [-0.15, -0.1) is 22.9 Å². The Kier molecular flexibility index (Phi) is 1.98. The van der Waals surface area contributed by atoms with Gasteiger partial charge in [0.1, 0.15) is 0 Å². The lowest BCUT2D eigenvalue weighted by atomic mass is 10.3. The number of aromatic hydroxyl groups is 1. The molecule has 0 fully saturated rings. The van der Waals surface area contributed by atoms with Crippen molar-refractivity contribution in [2.45, 2.75) is 12.8 Å². The van der Waals surface area contributed by atoms with Crippen molar-refractivity contribution in [1.29, 1.82) is 0 Å². The number of aryl methyl sites for hydroxylation is 1. The summed E-state index contributed by atoms with van der Waals surface area (Å²) < 4.78 is 0. The van der Waals surface area contributed by atoms with E-state index in [2.05, 4.69) is 0 Å². The summed E-state index contributed by atoms with van der Waals surface area (Å²) in [5.74, 6) is 0.497. The highest BCUT2D eigenvalue weighted by atomic mass is 35.5. The first-order chi connectivity index (χ1) is 4.24. The van der Waals surface area contributed by atoms with E-state index < -0.39 is 0 Å². The van der Waals surface area contributed by atoms with Crippen LogP contribution >= 0.6 is 22.9 Å². The van der Waals surface area contributed by atoms with E-state index in [1.54, 1.807) is 6.07 Å². The van der Waals surface area contributed by atoms with Gasteiger partial charge in [0, 0.05) is 4.88 Å². The van der Waals surface area contributed by atoms with E-state index in [0.717, 1.165) is 10.4 Å². The second kappa shape index (κ2) is 2.58. The Morgan fingerprint density at radius 3 is 2.67 bits per heavy atom. The Morgan fingerprint density at radius 1 is 1.78 bits per heavy atom. The third kappa shape index (κ3) is 1.37. The van der Waals surface area contributed by atoms with Crippen LogP contribution in [0, 0.1) is 6.92 Å². The van der Waals surface area contributed by atoms with Crippen molar-refractivity contribution in [3.63, 3.8) is 0 Å². The standard InChI is InChI=1S/C6H7ClOS/c1-4-2-6(8)9-5(4)3-7/h2,8H,3H2,1H3. The van der Waals surface area contributed by atoms with Crippen molar-refractivity contribution in [1.82, 2.24) is 0 Å². The smallest absolute Gasteiger partial charge is 0.171 e. The molecule has 0 amide bonds. The zero-order chi connectivity index (χ0) is 6.85. The van der Waals surface area contributed by atoms with Crippen LogP contribution in [0.3, 0.4) is 0 Å². The Bertz CT molecular complexity index is 207. The molecule has 1 rings (SSSR count). The number of thiophene rings is 1. The fraction of sp³-hybridized carbons (Fsp3) is 0.333. The van der Waals surface area contributed by atoms with Crippen LogP contribution in [-0.4, -0.2) is 5.11 Å². The van der Waals surface area contributed by atoms with Crippen LogP contribution in [0.1, 0.15) is 10.4 Å². The van der Waals surface area contributed by atoms with Gasteiger partial charge in [-0.2, -0.15) is 0 Å². The third-order valence-electron chi connectivity index (χ3n) is 1.13. The molecule has 1 nitrogen and oxygen atoms in total. The number of hydrogen-bond acceptors (Lipinski definition) is 2. The fourth-order valence-corrected chi connectivity index (χ4v) is 1.77. The molecule has 0 aliphatic carbocycles. The molecule has 1 aromatic rings. The molecule has 0 aliphatic heterocycles. The molecule has 0 spiro atoms. The van der Waals surface area contributed by atoms with Crippen molar-refractivity contribution < 1.29 is 5.11 Å². The molecule has 0 radical (unpaired) electrons. The predicted octanol–water partition coefficient (Wildman–Crippen LogP) is 2.50. The van der Waals surface area contributed by atoms with Gasteiger partial charge >= 0.3 is 0 Å². The van der Waals surface area contributed by atoms with E-state index in [-0.39, 0.29) is 0 Å². The highest BCUT2D eigenvalue weighted by molar-refractivity contribution is 7.14. The molecule has 0 aliphatic rings. The Labute approximate surface area is 62.9 Å². The quantitative estimate of drug-likeness (QED) is 0.630. The summed E-state index contributed by atoms with van der Waals surface area (Å²) in [7, 11) is 0. The molecule has 0 atom stereocenters. The summed E-state index contributed by atoms with van der Waals surface area (Å²) in [5.41, 5.74) is 1.08. The first-order valence-corrected chi connectivity index (χ1v) is 3.93. The van der Waals surface area contributed by atoms with Crippen LogP contribution in [0.4, 0.5) is 0 Å². The minimum absolute atomic E-state index is 0.350. The molecule has 9 heavy (non-hydrogen) atoms. The maximum absolute atomic E-state index is 8.92. The van der Waals surface area contributed by atoms with Crippen molar-refractivity contribution >= 4 is 22.9 Å². The lowest BCUT2D eigenvalue weighted by molar-refractivity contribution is 0.490. The third-order valence-corrected chi connectivity index (χ3v) is 2.59. The van der Waals surface area contributed by atoms with Crippen LogP contribution in [0.15, 0.2) is 6.07 Å². The second-order valence-corrected chi connectivity index (χ2v) is 3.21. The summed E-state index contributed by atoms with van der Waals surface area (Å²) in [4.78, 5) is 1.05. The number of alkyl halides is 1. The molecule has 0 aromatic carbocycles. The van der Waals surface area contributed by atoms with Gasteiger partial charge in [-0.25, -0.2) is 0 Å². The molecule has 0 unspecified atom stereocenters. The Hall–Kier alpha value is -0.210. The van der Waals surface area contributed by atoms with E-state index in [1.807, 2.05) is 6.92 Å². The van der Waals surface area contributed by atoms with Gasteiger partial charge in [-0.3, -0.25) is 0 Å². The minimum Gasteiger partial charge on any atom is -0.499 e. The molecular formula is C6H7ClOS. The lowest BCUT2D eigenvalue weighted by Gasteiger charge is -1.85. The largest absolute Gasteiger partial charge is 0.499 e. The monoisotopic (exact) mass is 162 g/mol. The molecule has 1 heterocycles. The van der Waals surface area contributed by atoms with E-state index in [0.29, 0.717) is 10.9 Å². The highest BCUT2D eigenvalue weighted by Crippen LogP contribution is 2.28. The summed E-state index contributed by atoms with van der Waals surface area (Å²) in [6.45, 7) is 1.94. The number of rotatable bonds is 1. The van der Waals surface area contributed by atoms with Crippen molar-refractivity contribution in [2.24, 2.45) is 0 Å². The molecule has 0 saturated heterocycles. The van der Waals surface area contributed by atoms with Crippen LogP contribution in [0.25, 0.3) is 0 Å². The van der Waals surface area contributed by atoms with Gasteiger partial charge in [0.15, 0.2) is 5.06 Å². The molecule has 1 N–H and O–H groups in total. The molecule has 50 valence electrons. The highest BCUT2D eigenvalue weighted by Gasteiger charge is 2.00. The van der Waals surface area contributed by atoms with E-state index >= 15 is 0 Å². The molecule has 3 heteroatoms. The van der Waals surface area contributed by atoms with Gasteiger partial charge in [0.25, 0.3) is 0 Å². The summed E-state index contributed by atoms with van der Waals surface area (Å²) >= 11 is 6.88. The lowest BCUT2D eigenvalue weighted by Crippen LogP contribution is -1.70. The molecule has 1 aromatic heterocycles. The summed E-state index contributed by atoms with van der Waals surface area (Å²) in [6.07, 6.45) is 0. The first-order valence-electron chi connectivity index (χ1n) is 2.58. The van der Waals surface area contributed by atoms with Crippen LogP contribution in [0.2, 0.25) is 0 Å². The predicted molar refractivity (Wildman–Crippen MR) is 40.3 cm³/mol. The van der Waals surface area contributed by atoms with Crippen molar-refractivity contribution in [2.75, 3.05) is 0 Å². The maximum atomic E-state index is 8.92. The normalized spacial score (nSPS) is 10.0. The van der Waals surface area contributed by atoms with Gasteiger partial charge in [0.05, 0.1) is 5.88 Å². The van der Waals surface area contributed by atoms with Crippen molar-refractivity contribution in [3.05, 3.63) is 16.5 Å². The zero-order valence-electron chi connectivity index (χ0n) is 5.02. The number of hydrogen-bond donors (Lipinski definition) is 1. The van der Waals surface area contributed by atoms with E-state index in [9.17, 15) is 0 Å². The van der Waals surface area contributed by atoms with Crippen LogP contribution < -0.4 is 0 Å². The zero-order valence-corrected chi connectivity index (χ0v) is 6.59. The van der Waals surface area contributed by atoms with Crippen LogP contribution in [-0.2, 0) is 5.88 Å². The molecule has 0 bridgehead atoms. The average Bonchev–Trinajstić information content (AvgIpc) is 2.10. The second-order valence-electron chi connectivity index (χ2n) is 1.82. The van der Waals surface area contributed by atoms with Gasteiger partial charge < -0.3 is 5.11 Å². The fourth-order valence-electron chi connectivity index (χ4n) is 0.635. The molecular weight excluding hydrogens is 156 g/mol. The first kappa shape index (κ1) is 6.90.